The third-order valence-electron chi connectivity index (χ3n) is 3.77. The van der Waals surface area contributed by atoms with E-state index < -0.39 is 0 Å². The summed E-state index contributed by atoms with van der Waals surface area (Å²) < 4.78 is 5.39. The lowest BCUT2D eigenvalue weighted by molar-refractivity contribution is -0.134. The summed E-state index contributed by atoms with van der Waals surface area (Å²) in [5.74, 6) is 0.970. The second-order valence-electron chi connectivity index (χ2n) is 6.01. The van der Waals surface area contributed by atoms with Gasteiger partial charge in [0.1, 0.15) is 0 Å². The molecule has 2 aliphatic heterocycles. The first-order valence-electron chi connectivity index (χ1n) is 7.46. The number of piperazine rings is 1. The van der Waals surface area contributed by atoms with Crippen molar-refractivity contribution in [2.45, 2.75) is 26.3 Å². The second kappa shape index (κ2) is 7.22. The monoisotopic (exact) mass is 269 g/mol. The van der Waals surface area contributed by atoms with Crippen molar-refractivity contribution in [1.82, 2.24) is 15.1 Å². The van der Waals surface area contributed by atoms with Crippen LogP contribution in [0.25, 0.3) is 0 Å². The molecule has 2 saturated heterocycles. The molecule has 2 heterocycles. The van der Waals surface area contributed by atoms with Crippen molar-refractivity contribution in [3.63, 3.8) is 0 Å². The van der Waals surface area contributed by atoms with Crippen LogP contribution in [0.4, 0.5) is 0 Å². The highest BCUT2D eigenvalue weighted by Gasteiger charge is 2.24. The summed E-state index contributed by atoms with van der Waals surface area (Å²) in [5, 5.41) is 3.34. The van der Waals surface area contributed by atoms with E-state index in [4.69, 9.17) is 4.74 Å². The zero-order valence-electron chi connectivity index (χ0n) is 12.2. The molecule has 0 aromatic rings. The first kappa shape index (κ1) is 14.8. The van der Waals surface area contributed by atoms with Gasteiger partial charge in [-0.1, -0.05) is 13.8 Å². The predicted octanol–water partition coefficient (Wildman–Crippen LogP) is 0.165. The number of carbonyl (C=O) groups excluding carboxylic acids is 1. The van der Waals surface area contributed by atoms with Crippen LogP contribution in [0.3, 0.4) is 0 Å². The summed E-state index contributed by atoms with van der Waals surface area (Å²) in [6.07, 6.45) is 0.574. The molecule has 0 aromatic carbocycles. The normalized spacial score (nSPS) is 25.8. The molecule has 1 amide bonds. The topological polar surface area (TPSA) is 44.8 Å². The highest BCUT2D eigenvalue weighted by molar-refractivity contribution is 5.77. The third kappa shape index (κ3) is 4.75. The molecule has 19 heavy (non-hydrogen) atoms. The van der Waals surface area contributed by atoms with E-state index in [0.717, 1.165) is 45.9 Å². The molecular weight excluding hydrogens is 242 g/mol. The van der Waals surface area contributed by atoms with Gasteiger partial charge in [0.15, 0.2) is 0 Å². The fraction of sp³-hybridized carbons (Fsp3) is 0.929. The quantitative estimate of drug-likeness (QED) is 0.790. The molecule has 1 atom stereocenters. The molecule has 5 heteroatoms. The van der Waals surface area contributed by atoms with Crippen molar-refractivity contribution in [2.24, 2.45) is 5.92 Å². The van der Waals surface area contributed by atoms with Crippen LogP contribution in [-0.2, 0) is 9.53 Å². The molecule has 0 saturated carbocycles. The van der Waals surface area contributed by atoms with Crippen molar-refractivity contribution in [3.05, 3.63) is 0 Å². The van der Waals surface area contributed by atoms with Crippen LogP contribution in [0, 0.1) is 5.92 Å². The van der Waals surface area contributed by atoms with Crippen LogP contribution in [0.2, 0.25) is 0 Å². The second-order valence-corrected chi connectivity index (χ2v) is 6.01. The molecule has 2 fully saturated rings. The number of hydrogen-bond donors (Lipinski definition) is 1. The number of amides is 1. The number of hydrogen-bond acceptors (Lipinski definition) is 4. The Morgan fingerprint density at radius 1 is 1.32 bits per heavy atom. The van der Waals surface area contributed by atoms with E-state index in [0.29, 0.717) is 18.9 Å². The summed E-state index contributed by atoms with van der Waals surface area (Å²) >= 11 is 0. The SMILES string of the molecule is CC(C)CN1CCN(C(=O)CC2COCCN2)CC1. The molecular formula is C14H27N3O2. The minimum absolute atomic E-state index is 0.204. The van der Waals surface area contributed by atoms with E-state index in [1.807, 2.05) is 4.90 Å². The average Bonchev–Trinajstić information content (AvgIpc) is 2.40. The number of carbonyl (C=O) groups is 1. The van der Waals surface area contributed by atoms with Gasteiger partial charge in [0.25, 0.3) is 0 Å². The van der Waals surface area contributed by atoms with E-state index in [1.165, 1.54) is 0 Å². The van der Waals surface area contributed by atoms with E-state index >= 15 is 0 Å². The Labute approximate surface area is 116 Å². The van der Waals surface area contributed by atoms with Gasteiger partial charge in [-0.25, -0.2) is 0 Å². The lowest BCUT2D eigenvalue weighted by Gasteiger charge is -2.36. The smallest absolute Gasteiger partial charge is 0.224 e. The van der Waals surface area contributed by atoms with Crippen molar-refractivity contribution in [2.75, 3.05) is 52.5 Å². The van der Waals surface area contributed by atoms with Gasteiger partial charge in [0.05, 0.1) is 13.2 Å². The predicted molar refractivity (Wildman–Crippen MR) is 75.1 cm³/mol. The number of ether oxygens (including phenoxy) is 1. The summed E-state index contributed by atoms with van der Waals surface area (Å²) in [4.78, 5) is 16.7. The Morgan fingerprint density at radius 2 is 2.05 bits per heavy atom. The Bertz CT molecular complexity index is 282. The molecule has 0 aliphatic carbocycles. The Hall–Kier alpha value is -0.650. The van der Waals surface area contributed by atoms with Crippen LogP contribution >= 0.6 is 0 Å². The van der Waals surface area contributed by atoms with Crippen LogP contribution < -0.4 is 5.32 Å². The lowest BCUT2D eigenvalue weighted by atomic mass is 10.1. The fourth-order valence-electron chi connectivity index (χ4n) is 2.79. The molecule has 0 aromatic heterocycles. The largest absolute Gasteiger partial charge is 0.378 e. The summed E-state index contributed by atoms with van der Waals surface area (Å²) in [5.41, 5.74) is 0. The van der Waals surface area contributed by atoms with Crippen LogP contribution in [0.1, 0.15) is 20.3 Å². The fourth-order valence-corrected chi connectivity index (χ4v) is 2.79. The zero-order chi connectivity index (χ0) is 13.7. The summed E-state index contributed by atoms with van der Waals surface area (Å²) in [6, 6.07) is 0.204. The highest BCUT2D eigenvalue weighted by atomic mass is 16.5. The van der Waals surface area contributed by atoms with Crippen molar-refractivity contribution in [1.29, 1.82) is 0 Å². The van der Waals surface area contributed by atoms with Gasteiger partial charge in [-0.2, -0.15) is 0 Å². The molecule has 5 nitrogen and oxygen atoms in total. The van der Waals surface area contributed by atoms with Crippen molar-refractivity contribution >= 4 is 5.91 Å². The van der Waals surface area contributed by atoms with Gasteiger partial charge in [-0.3, -0.25) is 9.69 Å². The maximum Gasteiger partial charge on any atom is 0.224 e. The molecule has 1 N–H and O–H groups in total. The van der Waals surface area contributed by atoms with E-state index in [-0.39, 0.29) is 11.9 Å². The summed E-state index contributed by atoms with van der Waals surface area (Å²) in [7, 11) is 0. The highest BCUT2D eigenvalue weighted by Crippen LogP contribution is 2.08. The maximum absolute atomic E-state index is 12.2. The number of rotatable bonds is 4. The molecule has 2 rings (SSSR count). The van der Waals surface area contributed by atoms with Crippen molar-refractivity contribution < 1.29 is 9.53 Å². The Kier molecular flexibility index (Phi) is 5.60. The number of morpholine rings is 1. The van der Waals surface area contributed by atoms with Crippen LogP contribution in [0.5, 0.6) is 0 Å². The third-order valence-corrected chi connectivity index (χ3v) is 3.77. The molecule has 0 spiro atoms. The first-order chi connectivity index (χ1) is 9.15. The lowest BCUT2D eigenvalue weighted by Crippen LogP contribution is -2.51. The van der Waals surface area contributed by atoms with Crippen LogP contribution in [-0.4, -0.2) is 74.2 Å². The standard InChI is InChI=1S/C14H27N3O2/c1-12(2)10-16-4-6-17(7-5-16)14(18)9-13-11-19-8-3-15-13/h12-13,15H,3-11H2,1-2H3. The van der Waals surface area contributed by atoms with E-state index in [9.17, 15) is 4.79 Å². The summed E-state index contributed by atoms with van der Waals surface area (Å²) in [6.45, 7) is 11.7. The Balaban J connectivity index is 1.69. The van der Waals surface area contributed by atoms with Gasteiger partial charge in [-0.15, -0.1) is 0 Å². The first-order valence-corrected chi connectivity index (χ1v) is 7.46. The molecule has 2 aliphatic rings. The Morgan fingerprint density at radius 3 is 2.63 bits per heavy atom. The van der Waals surface area contributed by atoms with E-state index in [2.05, 4.69) is 24.1 Å². The molecule has 1 unspecified atom stereocenters. The van der Waals surface area contributed by atoms with Crippen molar-refractivity contribution in [3.8, 4) is 0 Å². The minimum atomic E-state index is 0.204. The molecule has 0 bridgehead atoms. The van der Waals surface area contributed by atoms with Gasteiger partial charge in [0, 0.05) is 51.7 Å². The number of nitrogens with one attached hydrogen (secondary N) is 1. The average molecular weight is 269 g/mol. The molecule has 0 radical (unpaired) electrons. The van der Waals surface area contributed by atoms with E-state index in [1.54, 1.807) is 0 Å². The van der Waals surface area contributed by atoms with Gasteiger partial charge in [-0.05, 0) is 5.92 Å². The number of nitrogens with zero attached hydrogens (tertiary/aromatic N) is 2. The van der Waals surface area contributed by atoms with Gasteiger partial charge >= 0.3 is 0 Å². The zero-order valence-corrected chi connectivity index (χ0v) is 12.2. The maximum atomic E-state index is 12.2. The van der Waals surface area contributed by atoms with Gasteiger partial charge in [0.2, 0.25) is 5.91 Å². The minimum Gasteiger partial charge on any atom is -0.378 e. The van der Waals surface area contributed by atoms with Gasteiger partial charge < -0.3 is 15.0 Å². The molecule has 110 valence electrons. The van der Waals surface area contributed by atoms with Crippen LogP contribution in [0.15, 0.2) is 0 Å².